The van der Waals surface area contributed by atoms with Gasteiger partial charge in [0.15, 0.2) is 11.5 Å². The van der Waals surface area contributed by atoms with E-state index >= 15 is 0 Å². The van der Waals surface area contributed by atoms with Gasteiger partial charge in [0.25, 0.3) is 0 Å². The second kappa shape index (κ2) is 12.4. The zero-order valence-electron chi connectivity index (χ0n) is 21.8. The minimum Gasteiger partial charge on any atom is -0.493 e. The van der Waals surface area contributed by atoms with Gasteiger partial charge in [-0.15, -0.1) is 0 Å². The van der Waals surface area contributed by atoms with Crippen LogP contribution in [0.4, 0.5) is 4.39 Å². The molecule has 0 saturated carbocycles. The van der Waals surface area contributed by atoms with Crippen LogP contribution in [-0.2, 0) is 17.8 Å². The molecule has 1 saturated heterocycles. The number of aliphatic hydroxyl groups is 1. The van der Waals surface area contributed by atoms with Gasteiger partial charge < -0.3 is 28.6 Å². The summed E-state index contributed by atoms with van der Waals surface area (Å²) in [5.41, 5.74) is 0.342. The summed E-state index contributed by atoms with van der Waals surface area (Å²) in [5, 5.41) is 11.2. The first-order chi connectivity index (χ1) is 17.8. The van der Waals surface area contributed by atoms with Gasteiger partial charge in [-0.3, -0.25) is 4.90 Å². The molecule has 4 rings (SSSR count). The standard InChI is InChI=1S/C28H36FN3O5/c1-21-15-24(6-7-25(21)29)37-20-28(33)18-31(12-14-35-19-28)17-23-5-8-26(34-3)27(16-23)36-13-4-10-32-11-9-30-22(32)2/h5-9,11,15-16,33H,4,10,12-14,17-20H2,1-3H3/t28-/m1/s1. The lowest BCUT2D eigenvalue weighted by Crippen LogP contribution is -2.48. The molecule has 1 fully saturated rings. The summed E-state index contributed by atoms with van der Waals surface area (Å²) in [7, 11) is 1.63. The third-order valence-electron chi connectivity index (χ3n) is 6.44. The maximum Gasteiger partial charge on any atom is 0.161 e. The van der Waals surface area contributed by atoms with Gasteiger partial charge in [-0.2, -0.15) is 0 Å². The first-order valence-corrected chi connectivity index (χ1v) is 12.5. The predicted molar refractivity (Wildman–Crippen MR) is 138 cm³/mol. The zero-order chi connectivity index (χ0) is 26.3. The van der Waals surface area contributed by atoms with Gasteiger partial charge >= 0.3 is 0 Å². The van der Waals surface area contributed by atoms with Gasteiger partial charge in [0, 0.05) is 38.6 Å². The molecule has 1 aliphatic rings. The summed E-state index contributed by atoms with van der Waals surface area (Å²) in [4.78, 5) is 6.39. The molecule has 1 atom stereocenters. The molecule has 200 valence electrons. The number of halogens is 1. The van der Waals surface area contributed by atoms with Gasteiger partial charge in [0.1, 0.15) is 29.6 Å². The molecule has 0 radical (unpaired) electrons. The number of rotatable bonds is 11. The van der Waals surface area contributed by atoms with Crippen LogP contribution in [0.15, 0.2) is 48.8 Å². The third-order valence-corrected chi connectivity index (χ3v) is 6.44. The van der Waals surface area contributed by atoms with Gasteiger partial charge in [0.2, 0.25) is 0 Å². The molecule has 0 aliphatic carbocycles. The quantitative estimate of drug-likeness (QED) is 0.391. The summed E-state index contributed by atoms with van der Waals surface area (Å²) in [6, 6.07) is 10.5. The van der Waals surface area contributed by atoms with Gasteiger partial charge in [-0.25, -0.2) is 9.37 Å². The molecule has 8 nitrogen and oxygen atoms in total. The highest BCUT2D eigenvalue weighted by molar-refractivity contribution is 5.43. The van der Waals surface area contributed by atoms with Crippen LogP contribution in [0, 0.1) is 19.7 Å². The van der Waals surface area contributed by atoms with E-state index in [-0.39, 0.29) is 19.0 Å². The van der Waals surface area contributed by atoms with Crippen LogP contribution in [0.1, 0.15) is 23.4 Å². The number of benzene rings is 2. The van der Waals surface area contributed by atoms with Crippen molar-refractivity contribution in [1.82, 2.24) is 14.5 Å². The minimum atomic E-state index is -1.20. The van der Waals surface area contributed by atoms with E-state index in [9.17, 15) is 9.50 Å². The molecule has 3 aromatic rings. The molecule has 37 heavy (non-hydrogen) atoms. The molecule has 9 heteroatoms. The Morgan fingerprint density at radius 2 is 2.00 bits per heavy atom. The van der Waals surface area contributed by atoms with Crippen molar-refractivity contribution in [2.45, 2.75) is 39.0 Å². The smallest absolute Gasteiger partial charge is 0.161 e. The van der Waals surface area contributed by atoms with Crippen molar-refractivity contribution in [3.63, 3.8) is 0 Å². The summed E-state index contributed by atoms with van der Waals surface area (Å²) in [6.45, 7) is 7.41. The number of methoxy groups -OCH3 is 1. The molecule has 2 heterocycles. The van der Waals surface area contributed by atoms with Crippen molar-refractivity contribution in [1.29, 1.82) is 0 Å². The van der Waals surface area contributed by atoms with E-state index in [1.807, 2.05) is 31.3 Å². The number of aromatic nitrogens is 2. The highest BCUT2D eigenvalue weighted by Gasteiger charge is 2.33. The number of ether oxygens (including phenoxy) is 4. The van der Waals surface area contributed by atoms with Crippen LogP contribution in [0.25, 0.3) is 0 Å². The average molecular weight is 514 g/mol. The van der Waals surface area contributed by atoms with Gasteiger partial charge in [-0.1, -0.05) is 6.07 Å². The van der Waals surface area contributed by atoms with E-state index in [1.165, 1.54) is 6.07 Å². The molecular formula is C28H36FN3O5. The average Bonchev–Trinajstić information content (AvgIpc) is 3.20. The van der Waals surface area contributed by atoms with Crippen molar-refractivity contribution >= 4 is 0 Å². The van der Waals surface area contributed by atoms with Gasteiger partial charge in [0.05, 0.1) is 26.9 Å². The molecule has 0 bridgehead atoms. The normalized spacial score (nSPS) is 18.4. The largest absolute Gasteiger partial charge is 0.493 e. The fraction of sp³-hybridized carbons (Fsp3) is 0.464. The number of hydrogen-bond acceptors (Lipinski definition) is 7. The fourth-order valence-corrected chi connectivity index (χ4v) is 4.39. The molecule has 0 amide bonds. The maximum atomic E-state index is 13.6. The molecular weight excluding hydrogens is 477 g/mol. The minimum absolute atomic E-state index is 0.0436. The van der Waals surface area contributed by atoms with Crippen molar-refractivity contribution in [3.8, 4) is 17.2 Å². The van der Waals surface area contributed by atoms with Crippen molar-refractivity contribution in [2.24, 2.45) is 0 Å². The summed E-state index contributed by atoms with van der Waals surface area (Å²) in [5.74, 6) is 2.59. The predicted octanol–water partition coefficient (Wildman–Crippen LogP) is 3.76. The van der Waals surface area contributed by atoms with Crippen molar-refractivity contribution in [3.05, 3.63) is 71.6 Å². The fourth-order valence-electron chi connectivity index (χ4n) is 4.39. The number of nitrogens with zero attached hydrogens (tertiary/aromatic N) is 3. The highest BCUT2D eigenvalue weighted by Crippen LogP contribution is 2.29. The first-order valence-electron chi connectivity index (χ1n) is 12.5. The Balaban J connectivity index is 1.35. The molecule has 1 aromatic heterocycles. The lowest BCUT2D eigenvalue weighted by Gasteiger charge is -2.30. The van der Waals surface area contributed by atoms with E-state index in [2.05, 4.69) is 14.5 Å². The molecule has 2 aromatic carbocycles. The second-order valence-electron chi connectivity index (χ2n) is 9.54. The first kappa shape index (κ1) is 26.9. The van der Waals surface area contributed by atoms with Crippen LogP contribution in [0.3, 0.4) is 0 Å². The Kier molecular flexibility index (Phi) is 9.02. The Labute approximate surface area is 217 Å². The Hall–Kier alpha value is -3.14. The summed E-state index contributed by atoms with van der Waals surface area (Å²) < 4.78 is 38.7. The Morgan fingerprint density at radius 3 is 2.76 bits per heavy atom. The molecule has 0 unspecified atom stereocenters. The maximum absolute atomic E-state index is 13.6. The number of hydrogen-bond donors (Lipinski definition) is 1. The lowest BCUT2D eigenvalue weighted by molar-refractivity contribution is -0.0646. The van der Waals surface area contributed by atoms with Crippen LogP contribution in [0.2, 0.25) is 0 Å². The van der Waals surface area contributed by atoms with Crippen LogP contribution < -0.4 is 14.2 Å². The van der Waals surface area contributed by atoms with Gasteiger partial charge in [-0.05, 0) is 61.7 Å². The van der Waals surface area contributed by atoms with E-state index in [1.54, 1.807) is 32.4 Å². The van der Waals surface area contributed by atoms with E-state index in [4.69, 9.17) is 18.9 Å². The summed E-state index contributed by atoms with van der Waals surface area (Å²) >= 11 is 0. The Morgan fingerprint density at radius 1 is 1.14 bits per heavy atom. The van der Waals surface area contributed by atoms with E-state index < -0.39 is 5.60 Å². The topological polar surface area (TPSA) is 78.2 Å². The zero-order valence-corrected chi connectivity index (χ0v) is 21.8. The highest BCUT2D eigenvalue weighted by atomic mass is 19.1. The van der Waals surface area contributed by atoms with Crippen molar-refractivity contribution in [2.75, 3.05) is 46.6 Å². The van der Waals surface area contributed by atoms with Crippen LogP contribution >= 0.6 is 0 Å². The number of imidazole rings is 1. The van der Waals surface area contributed by atoms with Crippen LogP contribution in [0.5, 0.6) is 17.2 Å². The summed E-state index contributed by atoms with van der Waals surface area (Å²) in [6.07, 6.45) is 4.61. The molecule has 0 spiro atoms. The molecule has 1 aliphatic heterocycles. The SMILES string of the molecule is COc1ccc(CN2CCOC[C@@](O)(COc3ccc(F)c(C)c3)C2)cc1OCCCn1ccnc1C. The number of aryl methyl sites for hydroxylation is 3. The monoisotopic (exact) mass is 513 g/mol. The third kappa shape index (κ3) is 7.44. The number of β-amino-alcohol motifs (C(OH)–C–C–N with tert-alkyl or cyclic N) is 1. The van der Waals surface area contributed by atoms with E-state index in [0.717, 1.165) is 24.4 Å². The second-order valence-corrected chi connectivity index (χ2v) is 9.54. The van der Waals surface area contributed by atoms with Crippen molar-refractivity contribution < 1.29 is 28.4 Å². The molecule has 1 N–H and O–H groups in total. The van der Waals surface area contributed by atoms with E-state index in [0.29, 0.717) is 55.7 Å². The Bertz CT molecular complexity index is 1170. The lowest BCUT2D eigenvalue weighted by atomic mass is 10.1. The van der Waals surface area contributed by atoms with Crippen LogP contribution in [-0.4, -0.2) is 71.8 Å².